The van der Waals surface area contributed by atoms with Crippen molar-refractivity contribution in [3.8, 4) is 11.5 Å². The molecule has 0 aliphatic heterocycles. The zero-order valence-corrected chi connectivity index (χ0v) is 9.25. The summed E-state index contributed by atoms with van der Waals surface area (Å²) in [5.41, 5.74) is 0. The summed E-state index contributed by atoms with van der Waals surface area (Å²) >= 11 is 0. The molecule has 0 atom stereocenters. The van der Waals surface area contributed by atoms with Crippen LogP contribution in [0.25, 0.3) is 0 Å². The Morgan fingerprint density at radius 3 is 2.18 bits per heavy atom. The third-order valence-electron chi connectivity index (χ3n) is 1.09. The van der Waals surface area contributed by atoms with E-state index in [1.54, 1.807) is 24.3 Å². The minimum absolute atomic E-state index is 0. The second kappa shape index (κ2) is 6.14. The Balaban J connectivity index is 0. The molecule has 0 aliphatic rings. The van der Waals surface area contributed by atoms with E-state index in [9.17, 15) is 0 Å². The van der Waals surface area contributed by atoms with Gasteiger partial charge in [0.2, 0.25) is 0 Å². The molecule has 1 rings (SSSR count). The minimum atomic E-state index is 0. The average Bonchev–Trinajstić information content (AvgIpc) is 1.89. The number of para-hydroxylation sites is 2. The summed E-state index contributed by atoms with van der Waals surface area (Å²) in [6, 6.07) is 6.84. The zero-order chi connectivity index (χ0) is 6.69. The second-order valence-corrected chi connectivity index (χ2v) is 1.67. The van der Waals surface area contributed by atoms with Crippen LogP contribution in [0.2, 0.25) is 0 Å². The van der Waals surface area contributed by atoms with E-state index in [1.165, 1.54) is 7.11 Å². The molecule has 56 valence electrons. The van der Waals surface area contributed by atoms with Gasteiger partial charge in [-0.2, -0.15) is 0 Å². The van der Waals surface area contributed by atoms with Crippen molar-refractivity contribution in [1.82, 2.24) is 0 Å². The minimum Gasteiger partial charge on any atom is -2.00 e. The average molecular weight is 206 g/mol. The van der Waals surface area contributed by atoms with Crippen LogP contribution in [-0.2, 0) is 25.0 Å². The maximum Gasteiger partial charge on any atom is 2.00 e. The van der Waals surface area contributed by atoms with E-state index in [-0.39, 0.29) is 30.7 Å². The van der Waals surface area contributed by atoms with Crippen LogP contribution in [0, 0.1) is 0 Å². The first-order chi connectivity index (χ1) is 4.34. The first-order valence-corrected chi connectivity index (χ1v) is 2.66. The zero-order valence-electron chi connectivity index (χ0n) is 6.28. The Kier molecular flexibility index (Phi) is 7.27. The monoisotopic (exact) mass is 204 g/mol. The number of phenols is 1. The molecule has 1 aromatic carbocycles. The SMILES string of the molecule is COc1ccccc1O.[O-2].[Zn+2]. The third kappa shape index (κ3) is 3.35. The van der Waals surface area contributed by atoms with E-state index in [2.05, 4.69) is 0 Å². The molecule has 0 saturated carbocycles. The van der Waals surface area contributed by atoms with Gasteiger partial charge in [0.15, 0.2) is 11.5 Å². The molecule has 0 heterocycles. The largest absolute Gasteiger partial charge is 2.00 e. The normalized spacial score (nSPS) is 7.36. The summed E-state index contributed by atoms with van der Waals surface area (Å²) in [7, 11) is 1.52. The van der Waals surface area contributed by atoms with Crippen molar-refractivity contribution in [1.29, 1.82) is 0 Å². The van der Waals surface area contributed by atoms with Crippen LogP contribution >= 0.6 is 0 Å². The van der Waals surface area contributed by atoms with Crippen LogP contribution < -0.4 is 4.74 Å². The Morgan fingerprint density at radius 2 is 1.82 bits per heavy atom. The van der Waals surface area contributed by atoms with Gasteiger partial charge >= 0.3 is 19.5 Å². The van der Waals surface area contributed by atoms with Crippen LogP contribution in [0.15, 0.2) is 24.3 Å². The van der Waals surface area contributed by atoms with E-state index in [0.29, 0.717) is 5.75 Å². The summed E-state index contributed by atoms with van der Waals surface area (Å²) in [4.78, 5) is 0. The van der Waals surface area contributed by atoms with Crippen molar-refractivity contribution in [2.45, 2.75) is 0 Å². The fourth-order valence-corrected chi connectivity index (χ4v) is 0.630. The Bertz CT molecular complexity index is 203. The molecule has 0 fully saturated rings. The number of hydrogen-bond acceptors (Lipinski definition) is 2. The summed E-state index contributed by atoms with van der Waals surface area (Å²) in [6.07, 6.45) is 0. The molecule has 0 unspecified atom stereocenters. The van der Waals surface area contributed by atoms with Crippen molar-refractivity contribution in [3.63, 3.8) is 0 Å². The van der Waals surface area contributed by atoms with Crippen molar-refractivity contribution in [2.24, 2.45) is 0 Å². The standard InChI is InChI=1S/C7H8O2.O.Zn/c1-9-7-5-3-2-4-6(7)8;;/h2-5,8H,1H3;;/q;-2;+2. The van der Waals surface area contributed by atoms with Gasteiger partial charge in [-0.15, -0.1) is 0 Å². The van der Waals surface area contributed by atoms with E-state index in [4.69, 9.17) is 9.84 Å². The Hall–Kier alpha value is -0.597. The molecule has 0 aliphatic carbocycles. The van der Waals surface area contributed by atoms with Gasteiger partial charge < -0.3 is 15.3 Å². The Labute approximate surface area is 78.1 Å². The number of ether oxygens (including phenoxy) is 1. The maximum atomic E-state index is 8.99. The molecule has 1 aromatic rings. The van der Waals surface area contributed by atoms with Crippen molar-refractivity contribution < 1.29 is 34.8 Å². The predicted octanol–water partition coefficient (Wildman–Crippen LogP) is 1.28. The van der Waals surface area contributed by atoms with Crippen LogP contribution in [0.5, 0.6) is 11.5 Å². The van der Waals surface area contributed by atoms with Gasteiger partial charge in [-0.1, -0.05) is 12.1 Å². The molecule has 0 spiro atoms. The molecule has 0 radical (unpaired) electrons. The van der Waals surface area contributed by atoms with E-state index in [1.807, 2.05) is 0 Å². The van der Waals surface area contributed by atoms with Crippen LogP contribution in [0.1, 0.15) is 0 Å². The van der Waals surface area contributed by atoms with Gasteiger partial charge in [-0.05, 0) is 12.1 Å². The molecule has 0 saturated heterocycles. The van der Waals surface area contributed by atoms with Gasteiger partial charge in [0.25, 0.3) is 0 Å². The van der Waals surface area contributed by atoms with E-state index >= 15 is 0 Å². The van der Waals surface area contributed by atoms with Crippen LogP contribution in [0.4, 0.5) is 0 Å². The molecule has 0 amide bonds. The molecule has 1 N–H and O–H groups in total. The number of hydrogen-bond donors (Lipinski definition) is 1. The van der Waals surface area contributed by atoms with Gasteiger partial charge in [-0.25, -0.2) is 0 Å². The molecule has 4 heteroatoms. The van der Waals surface area contributed by atoms with Crippen LogP contribution in [0.3, 0.4) is 0 Å². The van der Waals surface area contributed by atoms with E-state index in [0.717, 1.165) is 0 Å². The van der Waals surface area contributed by atoms with Gasteiger partial charge in [0.1, 0.15) is 0 Å². The maximum absolute atomic E-state index is 8.99. The topological polar surface area (TPSA) is 58.0 Å². The summed E-state index contributed by atoms with van der Waals surface area (Å²) in [5, 5.41) is 8.99. The molecular formula is C7H8O3Zn. The fourth-order valence-electron chi connectivity index (χ4n) is 0.630. The molecule has 0 aromatic heterocycles. The number of benzene rings is 1. The van der Waals surface area contributed by atoms with Crippen LogP contribution in [-0.4, -0.2) is 12.2 Å². The van der Waals surface area contributed by atoms with Crippen molar-refractivity contribution in [2.75, 3.05) is 7.11 Å². The number of methoxy groups -OCH3 is 1. The smallest absolute Gasteiger partial charge is 2.00 e. The summed E-state index contributed by atoms with van der Waals surface area (Å²) < 4.78 is 4.79. The number of phenolic OH excluding ortho intramolecular Hbond substituents is 1. The van der Waals surface area contributed by atoms with Gasteiger partial charge in [0, 0.05) is 0 Å². The quantitative estimate of drug-likeness (QED) is 0.702. The number of aromatic hydroxyl groups is 1. The van der Waals surface area contributed by atoms with Gasteiger partial charge in [-0.3, -0.25) is 0 Å². The molecule has 0 bridgehead atoms. The predicted molar refractivity (Wildman–Crippen MR) is 35.3 cm³/mol. The second-order valence-electron chi connectivity index (χ2n) is 1.67. The number of rotatable bonds is 1. The molecule has 11 heavy (non-hydrogen) atoms. The first-order valence-electron chi connectivity index (χ1n) is 2.66. The summed E-state index contributed by atoms with van der Waals surface area (Å²) in [5.74, 6) is 0.692. The Morgan fingerprint density at radius 1 is 1.27 bits per heavy atom. The van der Waals surface area contributed by atoms with Crippen molar-refractivity contribution in [3.05, 3.63) is 24.3 Å². The van der Waals surface area contributed by atoms with Gasteiger partial charge in [0.05, 0.1) is 7.11 Å². The first kappa shape index (κ1) is 13.0. The molecule has 3 nitrogen and oxygen atoms in total. The fraction of sp³-hybridized carbons (Fsp3) is 0.143. The summed E-state index contributed by atoms with van der Waals surface area (Å²) in [6.45, 7) is 0. The van der Waals surface area contributed by atoms with E-state index < -0.39 is 0 Å². The molecular weight excluding hydrogens is 197 g/mol. The third-order valence-corrected chi connectivity index (χ3v) is 1.09. The van der Waals surface area contributed by atoms with Crippen molar-refractivity contribution >= 4 is 0 Å².